The molecule has 3 N–H and O–H groups in total. The molecule has 5 heteroatoms. The first-order chi connectivity index (χ1) is 8.15. The lowest BCUT2D eigenvalue weighted by Crippen LogP contribution is -2.12. The molecular formula is C12H16N4O. The lowest BCUT2D eigenvalue weighted by Gasteiger charge is -2.07. The molecule has 2 heterocycles. The molecule has 17 heavy (non-hydrogen) atoms. The van der Waals surface area contributed by atoms with Crippen LogP contribution in [0.4, 0.5) is 5.82 Å². The number of nitrogens with two attached hydrogens (primary N) is 1. The van der Waals surface area contributed by atoms with Gasteiger partial charge in [-0.2, -0.15) is 0 Å². The highest BCUT2D eigenvalue weighted by atomic mass is 16.3. The van der Waals surface area contributed by atoms with Crippen LogP contribution >= 0.6 is 0 Å². The van der Waals surface area contributed by atoms with Crippen molar-refractivity contribution in [3.8, 4) is 11.6 Å². The van der Waals surface area contributed by atoms with Crippen molar-refractivity contribution in [1.29, 1.82) is 0 Å². The number of furan rings is 1. The second kappa shape index (κ2) is 4.55. The Morgan fingerprint density at radius 1 is 1.29 bits per heavy atom. The van der Waals surface area contributed by atoms with Gasteiger partial charge in [0.25, 0.3) is 0 Å². The fourth-order valence-electron chi connectivity index (χ4n) is 1.57. The SMILES string of the molecule is CCc1ccc(-c2nc(C)c(C)c(NN)n2)o1. The molecule has 5 nitrogen and oxygen atoms in total. The van der Waals surface area contributed by atoms with Crippen LogP contribution in [0, 0.1) is 13.8 Å². The molecule has 0 atom stereocenters. The van der Waals surface area contributed by atoms with Crippen LogP contribution < -0.4 is 11.3 Å². The van der Waals surface area contributed by atoms with Crippen molar-refractivity contribution >= 4 is 5.82 Å². The molecule has 2 aromatic rings. The van der Waals surface area contributed by atoms with Crippen molar-refractivity contribution in [3.05, 3.63) is 29.2 Å². The average Bonchev–Trinajstić information content (AvgIpc) is 2.81. The van der Waals surface area contributed by atoms with E-state index in [2.05, 4.69) is 15.4 Å². The summed E-state index contributed by atoms with van der Waals surface area (Å²) in [7, 11) is 0. The quantitative estimate of drug-likeness (QED) is 0.626. The second-order valence-corrected chi connectivity index (χ2v) is 3.87. The molecule has 0 spiro atoms. The van der Waals surface area contributed by atoms with Crippen LogP contribution in [0.3, 0.4) is 0 Å². The summed E-state index contributed by atoms with van der Waals surface area (Å²) in [4.78, 5) is 8.73. The van der Waals surface area contributed by atoms with E-state index in [4.69, 9.17) is 10.3 Å². The van der Waals surface area contributed by atoms with Gasteiger partial charge in [0.05, 0.1) is 0 Å². The molecule has 0 bridgehead atoms. The molecule has 0 saturated carbocycles. The monoisotopic (exact) mass is 232 g/mol. The summed E-state index contributed by atoms with van der Waals surface area (Å²) in [6.07, 6.45) is 0.854. The number of nitrogens with zero attached hydrogens (tertiary/aromatic N) is 2. The first-order valence-electron chi connectivity index (χ1n) is 5.56. The predicted octanol–water partition coefficient (Wildman–Crippen LogP) is 2.20. The smallest absolute Gasteiger partial charge is 0.197 e. The maximum atomic E-state index is 5.62. The van der Waals surface area contributed by atoms with Gasteiger partial charge in [-0.3, -0.25) is 0 Å². The van der Waals surface area contributed by atoms with E-state index in [0.29, 0.717) is 17.4 Å². The number of aryl methyl sites for hydroxylation is 2. The molecule has 90 valence electrons. The summed E-state index contributed by atoms with van der Waals surface area (Å²) in [6.45, 7) is 5.88. The second-order valence-electron chi connectivity index (χ2n) is 3.87. The van der Waals surface area contributed by atoms with Crippen LogP contribution in [0.2, 0.25) is 0 Å². The normalized spacial score (nSPS) is 10.6. The number of nitrogens with one attached hydrogen (secondary N) is 1. The Morgan fingerprint density at radius 3 is 2.65 bits per heavy atom. The first kappa shape index (κ1) is 11.6. The standard InChI is InChI=1S/C12H16N4O/c1-4-9-5-6-10(17-9)12-14-8(3)7(2)11(15-12)16-13/h5-6H,4,13H2,1-3H3,(H,14,15,16). The third kappa shape index (κ3) is 2.14. The zero-order valence-electron chi connectivity index (χ0n) is 10.2. The highest BCUT2D eigenvalue weighted by Crippen LogP contribution is 2.23. The molecule has 2 aromatic heterocycles. The molecule has 0 aliphatic carbocycles. The summed E-state index contributed by atoms with van der Waals surface area (Å²) < 4.78 is 5.62. The minimum Gasteiger partial charge on any atom is -0.458 e. The van der Waals surface area contributed by atoms with E-state index in [1.54, 1.807) is 0 Å². The zero-order chi connectivity index (χ0) is 12.4. The lowest BCUT2D eigenvalue weighted by atomic mass is 10.2. The highest BCUT2D eigenvalue weighted by Gasteiger charge is 2.11. The minimum absolute atomic E-state index is 0.556. The number of aromatic nitrogens is 2. The van der Waals surface area contributed by atoms with Crippen LogP contribution in [0.25, 0.3) is 11.6 Å². The van der Waals surface area contributed by atoms with Gasteiger partial charge in [0.1, 0.15) is 11.6 Å². The largest absolute Gasteiger partial charge is 0.458 e. The number of hydrazine groups is 1. The molecule has 0 unspecified atom stereocenters. The predicted molar refractivity (Wildman–Crippen MR) is 66.4 cm³/mol. The molecule has 0 radical (unpaired) electrons. The van der Waals surface area contributed by atoms with Crippen molar-refractivity contribution in [2.75, 3.05) is 5.43 Å². The highest BCUT2D eigenvalue weighted by molar-refractivity contribution is 5.54. The van der Waals surface area contributed by atoms with Gasteiger partial charge in [0.2, 0.25) is 0 Å². The first-order valence-corrected chi connectivity index (χ1v) is 5.56. The Balaban J connectivity index is 2.48. The number of anilines is 1. The van der Waals surface area contributed by atoms with Gasteiger partial charge in [-0.1, -0.05) is 6.92 Å². The van der Waals surface area contributed by atoms with Gasteiger partial charge in [-0.25, -0.2) is 15.8 Å². The van der Waals surface area contributed by atoms with E-state index in [1.807, 2.05) is 32.9 Å². The molecule has 0 fully saturated rings. The Hall–Kier alpha value is -1.88. The molecule has 0 aliphatic rings. The molecule has 0 aliphatic heterocycles. The Bertz CT molecular complexity index is 533. The van der Waals surface area contributed by atoms with Gasteiger partial charge in [-0.15, -0.1) is 0 Å². The molecule has 2 rings (SSSR count). The number of rotatable bonds is 3. The maximum Gasteiger partial charge on any atom is 0.197 e. The van der Waals surface area contributed by atoms with Gasteiger partial charge < -0.3 is 9.84 Å². The summed E-state index contributed by atoms with van der Waals surface area (Å²) in [6, 6.07) is 3.81. The number of hydrogen-bond acceptors (Lipinski definition) is 5. The number of hydrogen-bond donors (Lipinski definition) is 2. The van der Waals surface area contributed by atoms with E-state index >= 15 is 0 Å². The molecule has 0 amide bonds. The molecular weight excluding hydrogens is 216 g/mol. The Kier molecular flexibility index (Phi) is 3.10. The topological polar surface area (TPSA) is 77.0 Å². The van der Waals surface area contributed by atoms with Gasteiger partial charge in [0, 0.05) is 17.7 Å². The fourth-order valence-corrected chi connectivity index (χ4v) is 1.57. The van der Waals surface area contributed by atoms with Gasteiger partial charge in [-0.05, 0) is 26.0 Å². The van der Waals surface area contributed by atoms with Crippen molar-refractivity contribution < 1.29 is 4.42 Å². The van der Waals surface area contributed by atoms with Gasteiger partial charge >= 0.3 is 0 Å². The number of nitrogen functional groups attached to an aromatic ring is 1. The lowest BCUT2D eigenvalue weighted by molar-refractivity contribution is 0.525. The Labute approximate surface area is 100 Å². The average molecular weight is 232 g/mol. The van der Waals surface area contributed by atoms with E-state index in [-0.39, 0.29) is 0 Å². The van der Waals surface area contributed by atoms with Crippen LogP contribution in [-0.2, 0) is 6.42 Å². The van der Waals surface area contributed by atoms with Crippen molar-refractivity contribution in [3.63, 3.8) is 0 Å². The summed E-state index contributed by atoms with van der Waals surface area (Å²) >= 11 is 0. The summed E-state index contributed by atoms with van der Waals surface area (Å²) in [5, 5.41) is 0. The third-order valence-electron chi connectivity index (χ3n) is 2.76. The van der Waals surface area contributed by atoms with Crippen LogP contribution in [-0.4, -0.2) is 9.97 Å². The van der Waals surface area contributed by atoms with E-state index in [1.165, 1.54) is 0 Å². The van der Waals surface area contributed by atoms with Crippen molar-refractivity contribution in [2.45, 2.75) is 27.2 Å². The third-order valence-corrected chi connectivity index (χ3v) is 2.76. The molecule has 0 aromatic carbocycles. The minimum atomic E-state index is 0.556. The zero-order valence-corrected chi connectivity index (χ0v) is 10.2. The fraction of sp³-hybridized carbons (Fsp3) is 0.333. The maximum absolute atomic E-state index is 5.62. The van der Waals surface area contributed by atoms with E-state index in [0.717, 1.165) is 23.4 Å². The summed E-state index contributed by atoms with van der Waals surface area (Å²) in [5.41, 5.74) is 4.40. The van der Waals surface area contributed by atoms with E-state index < -0.39 is 0 Å². The molecule has 0 saturated heterocycles. The summed E-state index contributed by atoms with van der Waals surface area (Å²) in [5.74, 6) is 8.20. The van der Waals surface area contributed by atoms with Crippen molar-refractivity contribution in [2.24, 2.45) is 5.84 Å². The van der Waals surface area contributed by atoms with Crippen LogP contribution in [0.1, 0.15) is 23.9 Å². The Morgan fingerprint density at radius 2 is 2.06 bits per heavy atom. The van der Waals surface area contributed by atoms with E-state index in [9.17, 15) is 0 Å². The van der Waals surface area contributed by atoms with Crippen molar-refractivity contribution in [1.82, 2.24) is 9.97 Å². The van der Waals surface area contributed by atoms with Crippen LogP contribution in [0.15, 0.2) is 16.5 Å². The van der Waals surface area contributed by atoms with Crippen LogP contribution in [0.5, 0.6) is 0 Å². The van der Waals surface area contributed by atoms with Gasteiger partial charge in [0.15, 0.2) is 11.6 Å².